The van der Waals surface area contributed by atoms with Crippen LogP contribution in [0.1, 0.15) is 27.7 Å². The summed E-state index contributed by atoms with van der Waals surface area (Å²) in [5, 5.41) is 6.60. The molecule has 0 fully saturated rings. The Kier molecular flexibility index (Phi) is 10.0. The van der Waals surface area contributed by atoms with Crippen LogP contribution < -0.4 is 10.6 Å². The topological polar surface area (TPSA) is 48.9 Å². The minimum Gasteiger partial charge on any atom is -0.377 e. The molecule has 0 bridgehead atoms. The maximum absolute atomic E-state index is 5.36. The van der Waals surface area contributed by atoms with Crippen LogP contribution in [0.25, 0.3) is 0 Å². The van der Waals surface area contributed by atoms with Gasteiger partial charge in [0.2, 0.25) is 0 Å². The van der Waals surface area contributed by atoms with Gasteiger partial charge in [-0.1, -0.05) is 0 Å². The number of aliphatic imine (C=N–C) groups is 1. The van der Waals surface area contributed by atoms with Crippen molar-refractivity contribution in [1.82, 2.24) is 15.5 Å². The molecule has 0 radical (unpaired) electrons. The predicted molar refractivity (Wildman–Crippen MR) is 93.6 cm³/mol. The molecule has 0 aliphatic heterocycles. The van der Waals surface area contributed by atoms with Crippen molar-refractivity contribution in [3.05, 3.63) is 0 Å². The Hall–Kier alpha value is -0.0800. The molecule has 0 aliphatic rings. The number of ether oxygens (including phenoxy) is 1. The van der Waals surface area contributed by atoms with E-state index in [1.807, 2.05) is 13.8 Å². The van der Waals surface area contributed by atoms with Crippen LogP contribution in [0.3, 0.4) is 0 Å². The lowest BCUT2D eigenvalue weighted by Gasteiger charge is -2.33. The first-order valence-electron chi connectivity index (χ1n) is 6.32. The second-order valence-electron chi connectivity index (χ2n) is 5.95. The quantitative estimate of drug-likeness (QED) is 0.413. The highest BCUT2D eigenvalue weighted by atomic mass is 127. The van der Waals surface area contributed by atoms with Gasteiger partial charge in [-0.05, 0) is 41.8 Å². The fourth-order valence-electron chi connectivity index (χ4n) is 1.05. The maximum Gasteiger partial charge on any atom is 0.191 e. The highest BCUT2D eigenvalue weighted by molar-refractivity contribution is 14.0. The number of halogens is 1. The smallest absolute Gasteiger partial charge is 0.191 e. The highest BCUT2D eigenvalue weighted by Crippen LogP contribution is 2.08. The molecule has 0 aliphatic carbocycles. The standard InChI is InChI=1S/C13H30N4O.HI/c1-12(2,17(6)7)9-15-11(14-5)16-10-13(3,4)18-8;/h9-10H2,1-8H3,(H2,14,15,16);1H. The van der Waals surface area contributed by atoms with Gasteiger partial charge in [-0.3, -0.25) is 4.99 Å². The van der Waals surface area contributed by atoms with E-state index >= 15 is 0 Å². The first-order chi connectivity index (χ1) is 8.14. The molecular weight excluding hydrogens is 355 g/mol. The van der Waals surface area contributed by atoms with Crippen LogP contribution in [0.2, 0.25) is 0 Å². The van der Waals surface area contributed by atoms with Crippen molar-refractivity contribution < 1.29 is 4.74 Å². The van der Waals surface area contributed by atoms with E-state index in [1.165, 1.54) is 0 Å². The van der Waals surface area contributed by atoms with Gasteiger partial charge in [0.1, 0.15) is 0 Å². The van der Waals surface area contributed by atoms with E-state index in [2.05, 4.69) is 48.5 Å². The van der Waals surface area contributed by atoms with E-state index in [-0.39, 0.29) is 35.1 Å². The van der Waals surface area contributed by atoms with E-state index in [9.17, 15) is 0 Å². The number of rotatable bonds is 6. The van der Waals surface area contributed by atoms with Crippen molar-refractivity contribution in [3.8, 4) is 0 Å². The molecule has 0 rings (SSSR count). The Labute approximate surface area is 135 Å². The Morgan fingerprint density at radius 2 is 1.58 bits per heavy atom. The summed E-state index contributed by atoms with van der Waals surface area (Å²) in [5.74, 6) is 0.801. The van der Waals surface area contributed by atoms with Crippen molar-refractivity contribution in [1.29, 1.82) is 0 Å². The zero-order chi connectivity index (χ0) is 14.4. The van der Waals surface area contributed by atoms with Gasteiger partial charge in [0.15, 0.2) is 5.96 Å². The zero-order valence-corrected chi connectivity index (χ0v) is 16.0. The number of nitrogens with one attached hydrogen (secondary N) is 2. The lowest BCUT2D eigenvalue weighted by molar-refractivity contribution is 0.0268. The van der Waals surface area contributed by atoms with Crippen molar-refractivity contribution in [2.24, 2.45) is 4.99 Å². The minimum absolute atomic E-state index is 0. The van der Waals surface area contributed by atoms with Gasteiger partial charge in [-0.2, -0.15) is 0 Å². The summed E-state index contributed by atoms with van der Waals surface area (Å²) in [5.41, 5.74) is -0.122. The molecule has 2 N–H and O–H groups in total. The molecule has 0 aromatic carbocycles. The van der Waals surface area contributed by atoms with Gasteiger partial charge >= 0.3 is 0 Å². The van der Waals surface area contributed by atoms with Crippen LogP contribution in [0, 0.1) is 0 Å². The minimum atomic E-state index is -0.200. The summed E-state index contributed by atoms with van der Waals surface area (Å²) < 4.78 is 5.36. The van der Waals surface area contributed by atoms with Crippen LogP contribution in [-0.4, -0.2) is 63.3 Å². The molecule has 0 saturated heterocycles. The molecule has 19 heavy (non-hydrogen) atoms. The van der Waals surface area contributed by atoms with Crippen molar-refractivity contribution >= 4 is 29.9 Å². The lowest BCUT2D eigenvalue weighted by atomic mass is 10.0. The molecule has 0 atom stereocenters. The van der Waals surface area contributed by atoms with Gasteiger partial charge in [0.05, 0.1) is 5.60 Å². The van der Waals surface area contributed by atoms with E-state index in [0.717, 1.165) is 12.5 Å². The number of hydrogen-bond donors (Lipinski definition) is 2. The maximum atomic E-state index is 5.36. The fraction of sp³-hybridized carbons (Fsp3) is 0.923. The summed E-state index contributed by atoms with van der Waals surface area (Å²) in [6.45, 7) is 9.99. The summed E-state index contributed by atoms with van der Waals surface area (Å²) in [7, 11) is 7.64. The second kappa shape index (κ2) is 8.97. The third kappa shape index (κ3) is 8.65. The molecule has 0 aromatic rings. The molecule has 0 saturated carbocycles. The summed E-state index contributed by atoms with van der Waals surface area (Å²) >= 11 is 0. The molecule has 116 valence electrons. The van der Waals surface area contributed by atoms with Gasteiger partial charge < -0.3 is 20.3 Å². The fourth-order valence-corrected chi connectivity index (χ4v) is 1.05. The summed E-state index contributed by atoms with van der Waals surface area (Å²) in [4.78, 5) is 6.40. The van der Waals surface area contributed by atoms with E-state index < -0.39 is 0 Å². The Morgan fingerprint density at radius 1 is 1.11 bits per heavy atom. The molecule has 0 aromatic heterocycles. The van der Waals surface area contributed by atoms with E-state index in [1.54, 1.807) is 14.2 Å². The largest absolute Gasteiger partial charge is 0.377 e. The van der Waals surface area contributed by atoms with Crippen LogP contribution in [0.15, 0.2) is 4.99 Å². The van der Waals surface area contributed by atoms with Crippen molar-refractivity contribution in [3.63, 3.8) is 0 Å². The van der Waals surface area contributed by atoms with Gasteiger partial charge in [0, 0.05) is 32.8 Å². The highest BCUT2D eigenvalue weighted by Gasteiger charge is 2.21. The number of methoxy groups -OCH3 is 1. The number of guanidine groups is 1. The monoisotopic (exact) mass is 386 g/mol. The summed E-state index contributed by atoms with van der Waals surface area (Å²) in [6.07, 6.45) is 0. The third-order valence-corrected chi connectivity index (χ3v) is 3.36. The molecule has 0 amide bonds. The summed E-state index contributed by atoms with van der Waals surface area (Å²) in [6, 6.07) is 0. The third-order valence-electron chi connectivity index (χ3n) is 3.36. The molecular formula is C13H31IN4O. The van der Waals surface area contributed by atoms with Gasteiger partial charge in [-0.15, -0.1) is 24.0 Å². The SMILES string of the molecule is CN=C(NCC(C)(C)OC)NCC(C)(C)N(C)C.I. The van der Waals surface area contributed by atoms with Crippen LogP contribution in [0.4, 0.5) is 0 Å². The molecule has 6 heteroatoms. The number of likely N-dealkylation sites (N-methyl/N-ethyl adjacent to an activating group) is 1. The van der Waals surface area contributed by atoms with E-state index in [0.29, 0.717) is 6.54 Å². The van der Waals surface area contributed by atoms with Crippen LogP contribution >= 0.6 is 24.0 Å². The Balaban J connectivity index is 0. The second-order valence-corrected chi connectivity index (χ2v) is 5.95. The van der Waals surface area contributed by atoms with E-state index in [4.69, 9.17) is 4.74 Å². The average molecular weight is 386 g/mol. The van der Waals surface area contributed by atoms with Crippen molar-refractivity contribution in [2.75, 3.05) is 41.3 Å². The Bertz CT molecular complexity index is 278. The van der Waals surface area contributed by atoms with Gasteiger partial charge in [-0.25, -0.2) is 0 Å². The molecule has 0 heterocycles. The first kappa shape index (κ1) is 21.2. The van der Waals surface area contributed by atoms with Gasteiger partial charge in [0.25, 0.3) is 0 Å². The zero-order valence-electron chi connectivity index (χ0n) is 13.6. The lowest BCUT2D eigenvalue weighted by Crippen LogP contribution is -2.52. The van der Waals surface area contributed by atoms with Crippen molar-refractivity contribution in [2.45, 2.75) is 38.8 Å². The van der Waals surface area contributed by atoms with Crippen LogP contribution in [0.5, 0.6) is 0 Å². The average Bonchev–Trinajstić information content (AvgIpc) is 2.29. The molecule has 5 nitrogen and oxygen atoms in total. The predicted octanol–water partition coefficient (Wildman–Crippen LogP) is 1.53. The number of nitrogens with zero attached hydrogens (tertiary/aromatic N) is 2. The van der Waals surface area contributed by atoms with Crippen LogP contribution in [-0.2, 0) is 4.74 Å². The first-order valence-corrected chi connectivity index (χ1v) is 6.32. The Morgan fingerprint density at radius 3 is 1.95 bits per heavy atom. The normalized spacial score (nSPS) is 13.2. The number of hydrogen-bond acceptors (Lipinski definition) is 3. The molecule has 0 unspecified atom stereocenters. The molecule has 0 spiro atoms.